The number of carbonyl (C=O) groups excluding carboxylic acids is 2. The number of nitrogens with one attached hydrogen (secondary N) is 1. The number of carbonyl (C=O) groups is 2. The Morgan fingerprint density at radius 1 is 0.800 bits per heavy atom. The van der Waals surface area contributed by atoms with E-state index in [1.54, 1.807) is 29.2 Å². The van der Waals surface area contributed by atoms with Crippen molar-refractivity contribution in [3.63, 3.8) is 0 Å². The highest BCUT2D eigenvalue weighted by Gasteiger charge is 2.33. The van der Waals surface area contributed by atoms with Crippen molar-refractivity contribution >= 4 is 17.5 Å². The van der Waals surface area contributed by atoms with Gasteiger partial charge in [-0.3, -0.25) is 14.5 Å². The Morgan fingerprint density at radius 3 is 2.06 bits per heavy atom. The molecule has 0 bridgehead atoms. The quantitative estimate of drug-likeness (QED) is 0.542. The summed E-state index contributed by atoms with van der Waals surface area (Å²) in [5, 5.41) is 2.35. The van der Waals surface area contributed by atoms with E-state index in [4.69, 9.17) is 4.74 Å². The van der Waals surface area contributed by atoms with Crippen LogP contribution in [0.4, 0.5) is 18.9 Å². The highest BCUT2D eigenvalue weighted by atomic mass is 19.4. The minimum Gasteiger partial charge on any atom is -0.457 e. The van der Waals surface area contributed by atoms with Gasteiger partial charge in [0.2, 0.25) is 5.91 Å². The molecule has 4 rings (SSSR count). The first-order chi connectivity index (χ1) is 16.8. The molecule has 1 aliphatic rings. The van der Waals surface area contributed by atoms with Crippen LogP contribution in [-0.2, 0) is 11.0 Å². The largest absolute Gasteiger partial charge is 0.457 e. The van der Waals surface area contributed by atoms with Crippen LogP contribution in [0.25, 0.3) is 0 Å². The van der Waals surface area contributed by atoms with E-state index in [1.807, 2.05) is 35.2 Å². The zero-order valence-electron chi connectivity index (χ0n) is 18.8. The molecule has 0 unspecified atom stereocenters. The van der Waals surface area contributed by atoms with Crippen molar-refractivity contribution in [1.82, 2.24) is 9.80 Å². The molecular weight excluding hydrogens is 459 g/mol. The molecule has 9 heteroatoms. The second kappa shape index (κ2) is 10.6. The van der Waals surface area contributed by atoms with E-state index in [9.17, 15) is 22.8 Å². The third-order valence-electron chi connectivity index (χ3n) is 5.61. The normalized spacial score (nSPS) is 14.4. The van der Waals surface area contributed by atoms with Crippen LogP contribution >= 0.6 is 0 Å². The first kappa shape index (κ1) is 24.3. The van der Waals surface area contributed by atoms with Gasteiger partial charge in [0.15, 0.2) is 0 Å². The van der Waals surface area contributed by atoms with Crippen molar-refractivity contribution in [1.29, 1.82) is 0 Å². The monoisotopic (exact) mass is 483 g/mol. The summed E-state index contributed by atoms with van der Waals surface area (Å²) in [6.07, 6.45) is -4.55. The Hall–Kier alpha value is -3.85. The van der Waals surface area contributed by atoms with E-state index in [2.05, 4.69) is 5.32 Å². The fourth-order valence-corrected chi connectivity index (χ4v) is 3.81. The van der Waals surface area contributed by atoms with E-state index in [0.717, 1.165) is 6.07 Å². The third kappa shape index (κ3) is 6.39. The minimum atomic E-state index is -4.55. The van der Waals surface area contributed by atoms with Crippen LogP contribution in [0.3, 0.4) is 0 Å². The number of nitrogens with zero attached hydrogens (tertiary/aromatic N) is 2. The molecule has 0 aromatic heterocycles. The number of anilines is 1. The Bertz CT molecular complexity index is 1160. The van der Waals surface area contributed by atoms with Crippen LogP contribution < -0.4 is 10.1 Å². The number of hydrogen-bond donors (Lipinski definition) is 1. The summed E-state index contributed by atoms with van der Waals surface area (Å²) < 4.78 is 45.1. The highest BCUT2D eigenvalue weighted by Crippen LogP contribution is 2.34. The molecule has 3 aromatic rings. The fourth-order valence-electron chi connectivity index (χ4n) is 3.81. The van der Waals surface area contributed by atoms with E-state index in [-0.39, 0.29) is 18.1 Å². The Morgan fingerprint density at radius 2 is 1.40 bits per heavy atom. The van der Waals surface area contributed by atoms with Crippen molar-refractivity contribution in [2.45, 2.75) is 6.18 Å². The average Bonchev–Trinajstić information content (AvgIpc) is 2.85. The van der Waals surface area contributed by atoms with Gasteiger partial charge in [-0.05, 0) is 48.5 Å². The van der Waals surface area contributed by atoms with Crippen LogP contribution in [0.2, 0.25) is 0 Å². The Kier molecular flexibility index (Phi) is 7.36. The molecule has 3 aromatic carbocycles. The standard InChI is InChI=1S/C26H24F3N3O3/c27-26(28,29)22-8-4-5-9-23(22)30-24(33)18-31-14-16-32(17-15-31)25(34)19-10-12-21(13-11-19)35-20-6-2-1-3-7-20/h1-13H,14-18H2,(H,30,33). The molecule has 182 valence electrons. The van der Waals surface area contributed by atoms with Crippen LogP contribution in [0.15, 0.2) is 78.9 Å². The topological polar surface area (TPSA) is 61.9 Å². The van der Waals surface area contributed by atoms with Crippen LogP contribution in [0, 0.1) is 0 Å². The van der Waals surface area contributed by atoms with Crippen LogP contribution in [0.1, 0.15) is 15.9 Å². The molecule has 0 atom stereocenters. The van der Waals surface area contributed by atoms with Crippen molar-refractivity contribution in [2.75, 3.05) is 38.0 Å². The zero-order valence-corrected chi connectivity index (χ0v) is 18.8. The molecule has 0 aliphatic carbocycles. The van der Waals surface area contributed by atoms with E-state index < -0.39 is 17.6 Å². The molecule has 0 saturated carbocycles. The number of hydrogen-bond acceptors (Lipinski definition) is 4. The van der Waals surface area contributed by atoms with Crippen molar-refractivity contribution in [2.24, 2.45) is 0 Å². The molecule has 1 saturated heterocycles. The van der Waals surface area contributed by atoms with Gasteiger partial charge in [0.25, 0.3) is 5.91 Å². The summed E-state index contributed by atoms with van der Waals surface area (Å²) in [5.74, 6) is 0.666. The number of para-hydroxylation sites is 2. The molecule has 1 fully saturated rings. The molecule has 0 radical (unpaired) electrons. The SMILES string of the molecule is O=C(CN1CCN(C(=O)c2ccc(Oc3ccccc3)cc2)CC1)Nc1ccccc1C(F)(F)F. The maximum atomic E-state index is 13.1. The van der Waals surface area contributed by atoms with Gasteiger partial charge in [-0.15, -0.1) is 0 Å². The Balaban J connectivity index is 1.27. The van der Waals surface area contributed by atoms with Gasteiger partial charge in [0.1, 0.15) is 11.5 Å². The summed E-state index contributed by atoms with van der Waals surface area (Å²) in [6.45, 7) is 1.64. The lowest BCUT2D eigenvalue weighted by Crippen LogP contribution is -2.50. The van der Waals surface area contributed by atoms with Crippen LogP contribution in [-0.4, -0.2) is 54.3 Å². The smallest absolute Gasteiger partial charge is 0.418 e. The van der Waals surface area contributed by atoms with Crippen molar-refractivity contribution < 1.29 is 27.5 Å². The zero-order chi connectivity index (χ0) is 24.8. The Labute approximate surface area is 200 Å². The molecule has 0 spiro atoms. The molecular formula is C26H24F3N3O3. The van der Waals surface area contributed by atoms with E-state index in [0.29, 0.717) is 43.2 Å². The first-order valence-corrected chi connectivity index (χ1v) is 11.1. The van der Waals surface area contributed by atoms with Crippen molar-refractivity contribution in [3.05, 3.63) is 90.0 Å². The molecule has 6 nitrogen and oxygen atoms in total. The summed E-state index contributed by atoms with van der Waals surface area (Å²) >= 11 is 0. The number of benzene rings is 3. The number of piperazine rings is 1. The van der Waals surface area contributed by atoms with Crippen molar-refractivity contribution in [3.8, 4) is 11.5 Å². The first-order valence-electron chi connectivity index (χ1n) is 11.1. The van der Waals surface area contributed by atoms with Gasteiger partial charge in [0.05, 0.1) is 17.8 Å². The minimum absolute atomic E-state index is 0.0558. The predicted molar refractivity (Wildman–Crippen MR) is 125 cm³/mol. The van der Waals surface area contributed by atoms with Crippen LogP contribution in [0.5, 0.6) is 11.5 Å². The average molecular weight is 483 g/mol. The maximum Gasteiger partial charge on any atom is 0.418 e. The second-order valence-corrected chi connectivity index (χ2v) is 8.10. The number of alkyl halides is 3. The number of halogens is 3. The summed E-state index contributed by atoms with van der Waals surface area (Å²) in [7, 11) is 0. The van der Waals surface area contributed by atoms with Gasteiger partial charge >= 0.3 is 6.18 Å². The van der Waals surface area contributed by atoms with Gasteiger partial charge in [-0.25, -0.2) is 0 Å². The lowest BCUT2D eigenvalue weighted by atomic mass is 10.1. The van der Waals surface area contributed by atoms with Gasteiger partial charge < -0.3 is 15.0 Å². The highest BCUT2D eigenvalue weighted by molar-refractivity contribution is 5.95. The third-order valence-corrected chi connectivity index (χ3v) is 5.61. The molecule has 1 aliphatic heterocycles. The molecule has 35 heavy (non-hydrogen) atoms. The van der Waals surface area contributed by atoms with E-state index in [1.165, 1.54) is 18.2 Å². The number of ether oxygens (including phenoxy) is 1. The number of amides is 2. The summed E-state index contributed by atoms with van der Waals surface area (Å²) in [5.41, 5.74) is -0.622. The molecule has 1 heterocycles. The lowest BCUT2D eigenvalue weighted by molar-refractivity contribution is -0.137. The van der Waals surface area contributed by atoms with Gasteiger partial charge in [-0.2, -0.15) is 13.2 Å². The summed E-state index contributed by atoms with van der Waals surface area (Å²) in [6, 6.07) is 21.1. The lowest BCUT2D eigenvalue weighted by Gasteiger charge is -2.34. The van der Waals surface area contributed by atoms with E-state index >= 15 is 0 Å². The second-order valence-electron chi connectivity index (χ2n) is 8.10. The molecule has 2 amide bonds. The van der Waals surface area contributed by atoms with Gasteiger partial charge in [-0.1, -0.05) is 30.3 Å². The predicted octanol–water partition coefficient (Wildman–Crippen LogP) is 4.89. The van der Waals surface area contributed by atoms with Gasteiger partial charge in [0, 0.05) is 31.7 Å². The maximum absolute atomic E-state index is 13.1. The summed E-state index contributed by atoms with van der Waals surface area (Å²) in [4.78, 5) is 28.7. The molecule has 1 N–H and O–H groups in total. The fraction of sp³-hybridized carbons (Fsp3) is 0.231. The number of rotatable bonds is 6.